The Hall–Kier alpha value is -1.63. The molecule has 0 aliphatic carbocycles. The zero-order valence-corrected chi connectivity index (χ0v) is 11.9. The topological polar surface area (TPSA) is 45.0 Å². The van der Waals surface area contributed by atoms with Crippen LogP contribution in [0.5, 0.6) is 0 Å². The van der Waals surface area contributed by atoms with Crippen LogP contribution in [-0.2, 0) is 4.74 Å². The van der Waals surface area contributed by atoms with Gasteiger partial charge in [0.25, 0.3) is 0 Å². The number of hydrogen-bond donors (Lipinski definition) is 1. The fourth-order valence-electron chi connectivity index (χ4n) is 1.75. The Morgan fingerprint density at radius 2 is 2.16 bits per heavy atom. The molecule has 3 heteroatoms. The standard InChI is InChI=1S/C16H22N2O/c1-13(2)16(12-18-8-9-19-3)10-14-6-4-5-7-15(14)11-17/h4-7,10,13,18H,8-9,12H2,1-3H3/b16-10-. The lowest BCUT2D eigenvalue weighted by molar-refractivity contribution is 0.200. The van der Waals surface area contributed by atoms with Gasteiger partial charge in [0.05, 0.1) is 18.2 Å². The molecule has 1 aromatic rings. The third-order valence-corrected chi connectivity index (χ3v) is 2.98. The van der Waals surface area contributed by atoms with Crippen LogP contribution in [0, 0.1) is 17.2 Å². The lowest BCUT2D eigenvalue weighted by Crippen LogP contribution is -2.23. The molecule has 0 bridgehead atoms. The summed E-state index contributed by atoms with van der Waals surface area (Å²) in [6, 6.07) is 9.91. The summed E-state index contributed by atoms with van der Waals surface area (Å²) >= 11 is 0. The van der Waals surface area contributed by atoms with Gasteiger partial charge in [-0.25, -0.2) is 0 Å². The third-order valence-electron chi connectivity index (χ3n) is 2.98. The fraction of sp³-hybridized carbons (Fsp3) is 0.438. The molecule has 0 fully saturated rings. The molecule has 0 saturated heterocycles. The van der Waals surface area contributed by atoms with Gasteiger partial charge in [-0.05, 0) is 17.5 Å². The van der Waals surface area contributed by atoms with Crippen LogP contribution in [0.4, 0.5) is 0 Å². The molecule has 19 heavy (non-hydrogen) atoms. The van der Waals surface area contributed by atoms with Crippen LogP contribution in [0.2, 0.25) is 0 Å². The number of benzene rings is 1. The Morgan fingerprint density at radius 3 is 2.79 bits per heavy atom. The molecule has 0 amide bonds. The van der Waals surface area contributed by atoms with Crippen molar-refractivity contribution in [2.24, 2.45) is 5.92 Å². The van der Waals surface area contributed by atoms with E-state index >= 15 is 0 Å². The Morgan fingerprint density at radius 1 is 1.42 bits per heavy atom. The molecule has 0 heterocycles. The summed E-state index contributed by atoms with van der Waals surface area (Å²) in [6.45, 7) is 6.69. The molecule has 0 spiro atoms. The number of nitrogens with zero attached hydrogens (tertiary/aromatic N) is 1. The van der Waals surface area contributed by atoms with E-state index in [2.05, 4.69) is 31.3 Å². The van der Waals surface area contributed by atoms with E-state index in [1.807, 2.05) is 24.3 Å². The molecule has 1 aromatic carbocycles. The van der Waals surface area contributed by atoms with E-state index < -0.39 is 0 Å². The van der Waals surface area contributed by atoms with Crippen LogP contribution < -0.4 is 5.32 Å². The molecule has 1 N–H and O–H groups in total. The van der Waals surface area contributed by atoms with Gasteiger partial charge in [0, 0.05) is 20.2 Å². The van der Waals surface area contributed by atoms with Gasteiger partial charge in [0.1, 0.15) is 0 Å². The van der Waals surface area contributed by atoms with Crippen LogP contribution in [0.25, 0.3) is 6.08 Å². The molecule has 0 unspecified atom stereocenters. The van der Waals surface area contributed by atoms with Crippen molar-refractivity contribution in [3.63, 3.8) is 0 Å². The molecule has 0 radical (unpaired) electrons. The molecule has 0 saturated carbocycles. The molecule has 3 nitrogen and oxygen atoms in total. The van der Waals surface area contributed by atoms with Crippen LogP contribution in [0.3, 0.4) is 0 Å². The molecule has 0 aromatic heterocycles. The average molecular weight is 258 g/mol. The number of nitrogens with one attached hydrogen (secondary N) is 1. The smallest absolute Gasteiger partial charge is 0.0997 e. The van der Waals surface area contributed by atoms with Crippen molar-refractivity contribution in [1.29, 1.82) is 5.26 Å². The summed E-state index contributed by atoms with van der Waals surface area (Å²) in [4.78, 5) is 0. The number of rotatable bonds is 7. The van der Waals surface area contributed by atoms with Gasteiger partial charge in [0.2, 0.25) is 0 Å². The Balaban J connectivity index is 2.80. The Bertz CT molecular complexity index is 458. The first-order valence-electron chi connectivity index (χ1n) is 6.58. The number of hydrogen-bond acceptors (Lipinski definition) is 3. The third kappa shape index (κ3) is 5.25. The SMILES string of the molecule is COCCNC/C(=C/c1ccccc1C#N)C(C)C. The summed E-state index contributed by atoms with van der Waals surface area (Å²) in [5.74, 6) is 0.446. The van der Waals surface area contributed by atoms with Crippen molar-refractivity contribution in [2.75, 3.05) is 26.8 Å². The zero-order valence-electron chi connectivity index (χ0n) is 11.9. The van der Waals surface area contributed by atoms with Gasteiger partial charge in [0.15, 0.2) is 0 Å². The lowest BCUT2D eigenvalue weighted by Gasteiger charge is -2.13. The van der Waals surface area contributed by atoms with E-state index in [1.54, 1.807) is 7.11 Å². The van der Waals surface area contributed by atoms with Gasteiger partial charge < -0.3 is 10.1 Å². The molecule has 0 aliphatic rings. The van der Waals surface area contributed by atoms with Crippen molar-refractivity contribution in [1.82, 2.24) is 5.32 Å². The second kappa shape index (κ2) is 8.47. The van der Waals surface area contributed by atoms with Gasteiger partial charge in [-0.1, -0.05) is 43.7 Å². The molecular formula is C16H22N2O. The first kappa shape index (κ1) is 15.4. The highest BCUT2D eigenvalue weighted by molar-refractivity contribution is 5.60. The minimum absolute atomic E-state index is 0.446. The highest BCUT2D eigenvalue weighted by Crippen LogP contribution is 2.16. The van der Waals surface area contributed by atoms with E-state index in [-0.39, 0.29) is 0 Å². The van der Waals surface area contributed by atoms with E-state index in [9.17, 15) is 0 Å². The lowest BCUT2D eigenvalue weighted by atomic mass is 9.98. The number of methoxy groups -OCH3 is 1. The average Bonchev–Trinajstić information content (AvgIpc) is 2.42. The minimum Gasteiger partial charge on any atom is -0.383 e. The maximum Gasteiger partial charge on any atom is 0.0997 e. The normalized spacial score (nSPS) is 11.6. The van der Waals surface area contributed by atoms with Crippen LogP contribution >= 0.6 is 0 Å². The van der Waals surface area contributed by atoms with Gasteiger partial charge >= 0.3 is 0 Å². The zero-order chi connectivity index (χ0) is 14.1. The summed E-state index contributed by atoms with van der Waals surface area (Å²) < 4.78 is 5.01. The van der Waals surface area contributed by atoms with Crippen molar-refractivity contribution in [3.05, 3.63) is 41.0 Å². The Labute approximate surface area is 115 Å². The first-order chi connectivity index (χ1) is 9.19. The van der Waals surface area contributed by atoms with E-state index in [0.717, 1.165) is 24.2 Å². The second-order valence-corrected chi connectivity index (χ2v) is 4.74. The predicted octanol–water partition coefficient (Wildman–Crippen LogP) is 2.83. The monoisotopic (exact) mass is 258 g/mol. The summed E-state index contributed by atoms with van der Waals surface area (Å²) in [6.07, 6.45) is 2.11. The molecular weight excluding hydrogens is 236 g/mol. The second-order valence-electron chi connectivity index (χ2n) is 4.74. The van der Waals surface area contributed by atoms with E-state index in [4.69, 9.17) is 10.00 Å². The maximum absolute atomic E-state index is 9.10. The predicted molar refractivity (Wildman–Crippen MR) is 78.7 cm³/mol. The maximum atomic E-state index is 9.10. The summed E-state index contributed by atoms with van der Waals surface area (Å²) in [5.41, 5.74) is 3.00. The summed E-state index contributed by atoms with van der Waals surface area (Å²) in [5, 5.41) is 12.5. The van der Waals surface area contributed by atoms with Crippen molar-refractivity contribution >= 4 is 6.08 Å². The van der Waals surface area contributed by atoms with Gasteiger partial charge in [-0.15, -0.1) is 0 Å². The number of nitriles is 1. The quantitative estimate of drug-likeness (QED) is 0.765. The van der Waals surface area contributed by atoms with Crippen molar-refractivity contribution < 1.29 is 4.74 Å². The van der Waals surface area contributed by atoms with E-state index in [0.29, 0.717) is 12.5 Å². The van der Waals surface area contributed by atoms with Gasteiger partial charge in [-0.3, -0.25) is 0 Å². The van der Waals surface area contributed by atoms with Crippen molar-refractivity contribution in [2.45, 2.75) is 13.8 Å². The van der Waals surface area contributed by atoms with Crippen LogP contribution in [-0.4, -0.2) is 26.8 Å². The molecule has 0 aliphatic heterocycles. The Kier molecular flexibility index (Phi) is 6.88. The minimum atomic E-state index is 0.446. The van der Waals surface area contributed by atoms with Crippen molar-refractivity contribution in [3.8, 4) is 6.07 Å². The van der Waals surface area contributed by atoms with Gasteiger partial charge in [-0.2, -0.15) is 5.26 Å². The van der Waals surface area contributed by atoms with Crippen LogP contribution in [0.15, 0.2) is 29.8 Å². The highest BCUT2D eigenvalue weighted by atomic mass is 16.5. The molecule has 1 rings (SSSR count). The van der Waals surface area contributed by atoms with E-state index in [1.165, 1.54) is 5.57 Å². The molecule has 102 valence electrons. The highest BCUT2D eigenvalue weighted by Gasteiger charge is 2.05. The molecule has 0 atom stereocenters. The number of ether oxygens (including phenoxy) is 1. The van der Waals surface area contributed by atoms with Crippen LogP contribution in [0.1, 0.15) is 25.0 Å². The first-order valence-corrected chi connectivity index (χ1v) is 6.58. The fourth-order valence-corrected chi connectivity index (χ4v) is 1.75. The summed E-state index contributed by atoms with van der Waals surface area (Å²) in [7, 11) is 1.70. The largest absolute Gasteiger partial charge is 0.383 e.